The van der Waals surface area contributed by atoms with Gasteiger partial charge in [0, 0.05) is 25.7 Å². The summed E-state index contributed by atoms with van der Waals surface area (Å²) in [6.45, 7) is 6.73. The Labute approximate surface area is 103 Å². The number of piperazine rings is 1. The Bertz CT molecular complexity index is 403. The molecule has 1 aliphatic rings. The van der Waals surface area contributed by atoms with E-state index >= 15 is 0 Å². The molecule has 2 rings (SSSR count). The van der Waals surface area contributed by atoms with E-state index in [2.05, 4.69) is 31.3 Å². The van der Waals surface area contributed by atoms with Gasteiger partial charge in [0.2, 0.25) is 5.91 Å². The van der Waals surface area contributed by atoms with Gasteiger partial charge in [0.05, 0.1) is 6.42 Å². The molecule has 1 aromatic carbocycles. The molecule has 92 valence electrons. The third-order valence-electron chi connectivity index (χ3n) is 3.16. The number of benzene rings is 1. The number of carbonyl (C=O) groups excluding carboxylic acids is 1. The normalized spacial score (nSPS) is 20.4. The van der Waals surface area contributed by atoms with Crippen molar-refractivity contribution in [1.29, 1.82) is 0 Å². The van der Waals surface area contributed by atoms with E-state index in [1.165, 1.54) is 5.56 Å². The SMILES string of the molecule is Cc1cccc(CC(=O)N2CCN[C@H](C)C2)c1. The summed E-state index contributed by atoms with van der Waals surface area (Å²) in [5.41, 5.74) is 2.32. The molecule has 3 nitrogen and oxygen atoms in total. The first kappa shape index (κ1) is 12.1. The van der Waals surface area contributed by atoms with Crippen LogP contribution in [0.5, 0.6) is 0 Å². The van der Waals surface area contributed by atoms with Gasteiger partial charge in [-0.25, -0.2) is 0 Å². The highest BCUT2D eigenvalue weighted by molar-refractivity contribution is 5.79. The fraction of sp³-hybridized carbons (Fsp3) is 0.500. The molecule has 0 aliphatic carbocycles. The molecule has 0 spiro atoms. The van der Waals surface area contributed by atoms with Gasteiger partial charge in [-0.2, -0.15) is 0 Å². The highest BCUT2D eigenvalue weighted by Crippen LogP contribution is 2.08. The number of amides is 1. The number of nitrogens with one attached hydrogen (secondary N) is 1. The Morgan fingerprint density at radius 1 is 1.53 bits per heavy atom. The van der Waals surface area contributed by atoms with Crippen molar-refractivity contribution in [2.45, 2.75) is 26.3 Å². The first-order valence-corrected chi connectivity index (χ1v) is 6.22. The highest BCUT2D eigenvalue weighted by Gasteiger charge is 2.20. The van der Waals surface area contributed by atoms with Gasteiger partial charge in [0.1, 0.15) is 0 Å². The fourth-order valence-electron chi connectivity index (χ4n) is 2.27. The summed E-state index contributed by atoms with van der Waals surface area (Å²) in [6, 6.07) is 8.59. The maximum absolute atomic E-state index is 12.1. The molecule has 0 saturated carbocycles. The Morgan fingerprint density at radius 2 is 2.35 bits per heavy atom. The number of hydrogen-bond donors (Lipinski definition) is 1. The van der Waals surface area contributed by atoms with E-state index < -0.39 is 0 Å². The molecule has 1 aromatic rings. The Hall–Kier alpha value is -1.35. The molecular formula is C14H20N2O. The van der Waals surface area contributed by atoms with Crippen molar-refractivity contribution >= 4 is 5.91 Å². The minimum Gasteiger partial charge on any atom is -0.340 e. The molecule has 1 aliphatic heterocycles. The minimum atomic E-state index is 0.240. The number of aryl methyl sites for hydroxylation is 1. The molecule has 1 atom stereocenters. The average Bonchev–Trinajstić information content (AvgIpc) is 2.29. The lowest BCUT2D eigenvalue weighted by Crippen LogP contribution is -2.51. The lowest BCUT2D eigenvalue weighted by Gasteiger charge is -2.32. The molecule has 0 bridgehead atoms. The van der Waals surface area contributed by atoms with Gasteiger partial charge in [-0.05, 0) is 19.4 Å². The molecule has 0 radical (unpaired) electrons. The summed E-state index contributed by atoms with van der Waals surface area (Å²) in [5, 5.41) is 3.35. The van der Waals surface area contributed by atoms with E-state index in [-0.39, 0.29) is 5.91 Å². The van der Waals surface area contributed by atoms with Crippen LogP contribution in [0.4, 0.5) is 0 Å². The third kappa shape index (κ3) is 3.30. The van der Waals surface area contributed by atoms with Crippen LogP contribution in [0, 0.1) is 6.92 Å². The molecule has 0 aromatic heterocycles. The van der Waals surface area contributed by atoms with Crippen LogP contribution < -0.4 is 5.32 Å². The second-order valence-electron chi connectivity index (χ2n) is 4.86. The van der Waals surface area contributed by atoms with Crippen molar-refractivity contribution in [1.82, 2.24) is 10.2 Å². The first-order chi connectivity index (χ1) is 8.15. The van der Waals surface area contributed by atoms with Crippen LogP contribution in [0.1, 0.15) is 18.1 Å². The average molecular weight is 232 g/mol. The summed E-state index contributed by atoms with van der Waals surface area (Å²) < 4.78 is 0. The number of carbonyl (C=O) groups is 1. The molecule has 1 saturated heterocycles. The van der Waals surface area contributed by atoms with Crippen LogP contribution in [-0.2, 0) is 11.2 Å². The molecular weight excluding hydrogens is 212 g/mol. The Kier molecular flexibility index (Phi) is 3.79. The van der Waals surface area contributed by atoms with Gasteiger partial charge in [-0.15, -0.1) is 0 Å². The second-order valence-corrected chi connectivity index (χ2v) is 4.86. The van der Waals surface area contributed by atoms with Gasteiger partial charge in [0.25, 0.3) is 0 Å². The maximum atomic E-state index is 12.1. The Morgan fingerprint density at radius 3 is 3.06 bits per heavy atom. The summed E-state index contributed by atoms with van der Waals surface area (Å²) in [7, 11) is 0. The predicted molar refractivity (Wildman–Crippen MR) is 68.9 cm³/mol. The van der Waals surface area contributed by atoms with Crippen molar-refractivity contribution in [3.63, 3.8) is 0 Å². The lowest BCUT2D eigenvalue weighted by molar-refractivity contribution is -0.131. The van der Waals surface area contributed by atoms with E-state index in [0.717, 1.165) is 25.2 Å². The van der Waals surface area contributed by atoms with Crippen LogP contribution in [0.3, 0.4) is 0 Å². The smallest absolute Gasteiger partial charge is 0.227 e. The third-order valence-corrected chi connectivity index (χ3v) is 3.16. The summed E-state index contributed by atoms with van der Waals surface area (Å²) in [5.74, 6) is 0.240. The van der Waals surface area contributed by atoms with Crippen molar-refractivity contribution < 1.29 is 4.79 Å². The van der Waals surface area contributed by atoms with Crippen LogP contribution in [0.2, 0.25) is 0 Å². The van der Waals surface area contributed by atoms with Gasteiger partial charge in [0.15, 0.2) is 0 Å². The molecule has 1 N–H and O–H groups in total. The minimum absolute atomic E-state index is 0.240. The van der Waals surface area contributed by atoms with E-state index in [9.17, 15) is 4.79 Å². The molecule has 3 heteroatoms. The fourth-order valence-corrected chi connectivity index (χ4v) is 2.27. The summed E-state index contributed by atoms with van der Waals surface area (Å²) in [4.78, 5) is 14.1. The molecule has 0 unspecified atom stereocenters. The monoisotopic (exact) mass is 232 g/mol. The van der Waals surface area contributed by atoms with Gasteiger partial charge >= 0.3 is 0 Å². The topological polar surface area (TPSA) is 32.3 Å². The van der Waals surface area contributed by atoms with E-state index in [1.807, 2.05) is 17.0 Å². The van der Waals surface area contributed by atoms with Crippen LogP contribution in [-0.4, -0.2) is 36.5 Å². The molecule has 1 amide bonds. The quantitative estimate of drug-likeness (QED) is 0.835. The van der Waals surface area contributed by atoms with Crippen molar-refractivity contribution in [2.75, 3.05) is 19.6 Å². The van der Waals surface area contributed by atoms with Gasteiger partial charge in [-0.3, -0.25) is 4.79 Å². The summed E-state index contributed by atoms with van der Waals surface area (Å²) >= 11 is 0. The van der Waals surface area contributed by atoms with Gasteiger partial charge < -0.3 is 10.2 Å². The molecule has 1 heterocycles. The lowest BCUT2D eigenvalue weighted by atomic mass is 10.1. The first-order valence-electron chi connectivity index (χ1n) is 6.22. The molecule has 1 fully saturated rings. The molecule has 17 heavy (non-hydrogen) atoms. The number of nitrogens with zero attached hydrogens (tertiary/aromatic N) is 1. The van der Waals surface area contributed by atoms with Gasteiger partial charge in [-0.1, -0.05) is 29.8 Å². The second kappa shape index (κ2) is 5.32. The zero-order chi connectivity index (χ0) is 12.3. The Balaban J connectivity index is 1.96. The number of hydrogen-bond acceptors (Lipinski definition) is 2. The number of rotatable bonds is 2. The zero-order valence-corrected chi connectivity index (χ0v) is 10.6. The van der Waals surface area contributed by atoms with E-state index in [0.29, 0.717) is 12.5 Å². The van der Waals surface area contributed by atoms with Crippen molar-refractivity contribution in [2.24, 2.45) is 0 Å². The zero-order valence-electron chi connectivity index (χ0n) is 10.6. The van der Waals surface area contributed by atoms with Crippen molar-refractivity contribution in [3.8, 4) is 0 Å². The van der Waals surface area contributed by atoms with E-state index in [1.54, 1.807) is 0 Å². The van der Waals surface area contributed by atoms with Crippen molar-refractivity contribution in [3.05, 3.63) is 35.4 Å². The summed E-state index contributed by atoms with van der Waals surface area (Å²) in [6.07, 6.45) is 0.522. The van der Waals surface area contributed by atoms with Crippen LogP contribution in [0.15, 0.2) is 24.3 Å². The standard InChI is InChI=1S/C14H20N2O/c1-11-4-3-5-13(8-11)9-14(17)16-7-6-15-12(2)10-16/h3-5,8,12,15H,6-7,9-10H2,1-2H3/t12-/m1/s1. The van der Waals surface area contributed by atoms with Crippen LogP contribution >= 0.6 is 0 Å². The van der Waals surface area contributed by atoms with E-state index in [4.69, 9.17) is 0 Å². The van der Waals surface area contributed by atoms with Crippen LogP contribution in [0.25, 0.3) is 0 Å². The highest BCUT2D eigenvalue weighted by atomic mass is 16.2. The largest absolute Gasteiger partial charge is 0.340 e. The predicted octanol–water partition coefficient (Wildman–Crippen LogP) is 1.36. The maximum Gasteiger partial charge on any atom is 0.227 e.